The summed E-state index contributed by atoms with van der Waals surface area (Å²) in [6.07, 6.45) is 1.81. The summed E-state index contributed by atoms with van der Waals surface area (Å²) < 4.78 is 19.4. The first-order valence-electron chi connectivity index (χ1n) is 16.4. The second-order valence-electron chi connectivity index (χ2n) is 13.1. The Labute approximate surface area is 282 Å². The molecule has 6 rings (SSSR count). The highest BCUT2D eigenvalue weighted by Gasteiger charge is 2.26. The van der Waals surface area contributed by atoms with Gasteiger partial charge in [-0.1, -0.05) is 82.3 Å². The van der Waals surface area contributed by atoms with Crippen LogP contribution in [0.5, 0.6) is 11.6 Å². The molecule has 1 fully saturated rings. The molecule has 0 bridgehead atoms. The first-order valence-corrected chi connectivity index (χ1v) is 16.4. The number of methoxy groups -OCH3 is 1. The second-order valence-corrected chi connectivity index (χ2v) is 13.1. The standard InChI is InChI=1S/C38H44N6O4/c1-26(27-11-7-6-8-12-27)33-25-43(20-22-48-33)19-21-47-32-17-16-31(29-13-9-10-14-30(29)32)40-37(45)41-35-23-34(38(2,3)4)42-44(35)28-15-18-36(46-5)39-24-28/h6-18,23-24,26,33H,19-22,25H2,1-5H3,(H2,40,41,45). The van der Waals surface area contributed by atoms with E-state index in [1.54, 1.807) is 24.1 Å². The minimum Gasteiger partial charge on any atom is -0.492 e. The van der Waals surface area contributed by atoms with Crippen LogP contribution < -0.4 is 20.1 Å². The molecule has 2 aromatic heterocycles. The lowest BCUT2D eigenvalue weighted by molar-refractivity contribution is -0.0416. The number of nitrogens with zero attached hydrogens (tertiary/aromatic N) is 4. The zero-order valence-electron chi connectivity index (χ0n) is 28.3. The van der Waals surface area contributed by atoms with Crippen molar-refractivity contribution in [3.63, 3.8) is 0 Å². The van der Waals surface area contributed by atoms with Crippen LogP contribution in [-0.4, -0.2) is 71.8 Å². The van der Waals surface area contributed by atoms with Crippen molar-refractivity contribution < 1.29 is 19.0 Å². The van der Waals surface area contributed by atoms with Gasteiger partial charge in [-0.3, -0.25) is 10.2 Å². The monoisotopic (exact) mass is 648 g/mol. The second kappa shape index (κ2) is 14.5. The zero-order chi connectivity index (χ0) is 33.7. The van der Waals surface area contributed by atoms with E-state index in [0.717, 1.165) is 41.9 Å². The molecule has 48 heavy (non-hydrogen) atoms. The Hall–Kier alpha value is -4.93. The Morgan fingerprint density at radius 3 is 2.50 bits per heavy atom. The number of morpholine rings is 1. The number of fused-ring (bicyclic) bond motifs is 1. The molecule has 1 aliphatic rings. The maximum Gasteiger partial charge on any atom is 0.324 e. The molecule has 2 unspecified atom stereocenters. The van der Waals surface area contributed by atoms with Crippen molar-refractivity contribution >= 4 is 28.3 Å². The summed E-state index contributed by atoms with van der Waals surface area (Å²) in [5, 5.41) is 12.6. The number of urea groups is 1. The quantitative estimate of drug-likeness (QED) is 0.164. The van der Waals surface area contributed by atoms with E-state index >= 15 is 0 Å². The van der Waals surface area contributed by atoms with Crippen molar-refractivity contribution in [2.24, 2.45) is 0 Å². The number of carbonyl (C=O) groups excluding carboxylic acids is 1. The van der Waals surface area contributed by atoms with Gasteiger partial charge in [-0.15, -0.1) is 0 Å². The van der Waals surface area contributed by atoms with Crippen LogP contribution in [0.2, 0.25) is 0 Å². The van der Waals surface area contributed by atoms with E-state index in [4.69, 9.17) is 19.3 Å². The third kappa shape index (κ3) is 7.61. The topological polar surface area (TPSA) is 103 Å². The Morgan fingerprint density at radius 2 is 1.77 bits per heavy atom. The number of benzene rings is 3. The molecule has 1 saturated heterocycles. The molecule has 3 heterocycles. The Balaban J connectivity index is 1.12. The van der Waals surface area contributed by atoms with Gasteiger partial charge in [-0.05, 0) is 23.8 Å². The van der Waals surface area contributed by atoms with Crippen molar-refractivity contribution in [3.8, 4) is 17.3 Å². The summed E-state index contributed by atoms with van der Waals surface area (Å²) in [7, 11) is 1.57. The lowest BCUT2D eigenvalue weighted by atomic mass is 9.92. The molecule has 0 aliphatic carbocycles. The van der Waals surface area contributed by atoms with Crippen LogP contribution in [0.25, 0.3) is 16.5 Å². The van der Waals surface area contributed by atoms with E-state index in [1.807, 2.05) is 54.6 Å². The molecule has 3 aromatic carbocycles. The van der Waals surface area contributed by atoms with E-state index in [-0.39, 0.29) is 17.6 Å². The minimum absolute atomic E-state index is 0.144. The van der Waals surface area contributed by atoms with Gasteiger partial charge < -0.3 is 19.5 Å². The van der Waals surface area contributed by atoms with Crippen molar-refractivity contribution in [2.75, 3.05) is 50.6 Å². The number of carbonyl (C=O) groups is 1. The van der Waals surface area contributed by atoms with Gasteiger partial charge in [0.05, 0.1) is 43.1 Å². The van der Waals surface area contributed by atoms with Crippen LogP contribution in [0.15, 0.2) is 91.1 Å². The van der Waals surface area contributed by atoms with Gasteiger partial charge in [0.2, 0.25) is 5.88 Å². The van der Waals surface area contributed by atoms with Crippen LogP contribution in [0.4, 0.5) is 16.3 Å². The summed E-state index contributed by atoms with van der Waals surface area (Å²) in [6.45, 7) is 12.3. The van der Waals surface area contributed by atoms with Crippen LogP contribution in [0.1, 0.15) is 44.9 Å². The molecule has 2 atom stereocenters. The van der Waals surface area contributed by atoms with Gasteiger partial charge in [0, 0.05) is 53.9 Å². The highest BCUT2D eigenvalue weighted by molar-refractivity contribution is 6.07. The van der Waals surface area contributed by atoms with E-state index < -0.39 is 0 Å². The molecule has 0 radical (unpaired) electrons. The highest BCUT2D eigenvalue weighted by atomic mass is 16.5. The molecular weight excluding hydrogens is 604 g/mol. The number of aromatic nitrogens is 3. The Morgan fingerprint density at radius 1 is 1.00 bits per heavy atom. The summed E-state index contributed by atoms with van der Waals surface area (Å²) >= 11 is 0. The number of amides is 2. The average molecular weight is 649 g/mol. The van der Waals surface area contributed by atoms with Crippen LogP contribution >= 0.6 is 0 Å². The largest absolute Gasteiger partial charge is 0.492 e. The molecule has 0 saturated carbocycles. The predicted octanol–water partition coefficient (Wildman–Crippen LogP) is 7.25. The summed E-state index contributed by atoms with van der Waals surface area (Å²) in [5.41, 5.74) is 3.28. The number of anilines is 2. The zero-order valence-corrected chi connectivity index (χ0v) is 28.3. The summed E-state index contributed by atoms with van der Waals surface area (Å²) in [5.74, 6) is 2.12. The average Bonchev–Trinajstić information content (AvgIpc) is 3.53. The van der Waals surface area contributed by atoms with Crippen molar-refractivity contribution in [3.05, 3.63) is 102 Å². The SMILES string of the molecule is COc1ccc(-n2nc(C(C)(C)C)cc2NC(=O)Nc2ccc(OCCN3CCOC(C(C)c4ccccc4)C3)c3ccccc23)cn1. The predicted molar refractivity (Wildman–Crippen MR) is 190 cm³/mol. The van der Waals surface area contributed by atoms with E-state index in [2.05, 4.69) is 72.5 Å². The highest BCUT2D eigenvalue weighted by Crippen LogP contribution is 2.33. The fourth-order valence-corrected chi connectivity index (χ4v) is 5.92. The first kappa shape index (κ1) is 33.0. The molecule has 5 aromatic rings. The van der Waals surface area contributed by atoms with Crippen molar-refractivity contribution in [1.82, 2.24) is 19.7 Å². The number of nitrogens with one attached hydrogen (secondary N) is 2. The molecule has 2 N–H and O–H groups in total. The van der Waals surface area contributed by atoms with Gasteiger partial charge in [0.15, 0.2) is 0 Å². The summed E-state index contributed by atoms with van der Waals surface area (Å²) in [6, 6.07) is 27.4. The van der Waals surface area contributed by atoms with E-state index in [1.165, 1.54) is 5.56 Å². The number of rotatable bonds is 10. The molecule has 0 spiro atoms. The maximum absolute atomic E-state index is 13.4. The van der Waals surface area contributed by atoms with Crippen LogP contribution in [-0.2, 0) is 10.2 Å². The molecular formula is C38H44N6O4. The van der Waals surface area contributed by atoms with Gasteiger partial charge in [0.25, 0.3) is 0 Å². The lowest BCUT2D eigenvalue weighted by Crippen LogP contribution is -2.45. The number of pyridine rings is 1. The molecule has 2 amide bonds. The molecule has 10 nitrogen and oxygen atoms in total. The molecule has 1 aliphatic heterocycles. The Bertz CT molecular complexity index is 1830. The third-order valence-corrected chi connectivity index (χ3v) is 8.75. The maximum atomic E-state index is 13.4. The van der Waals surface area contributed by atoms with Gasteiger partial charge in [0.1, 0.15) is 18.2 Å². The summed E-state index contributed by atoms with van der Waals surface area (Å²) in [4.78, 5) is 20.1. The fourth-order valence-electron chi connectivity index (χ4n) is 5.92. The first-order chi connectivity index (χ1) is 23.2. The number of ether oxygens (including phenoxy) is 3. The lowest BCUT2D eigenvalue weighted by Gasteiger charge is -2.36. The Kier molecular flexibility index (Phi) is 9.93. The third-order valence-electron chi connectivity index (χ3n) is 8.75. The van der Waals surface area contributed by atoms with Gasteiger partial charge in [-0.25, -0.2) is 14.5 Å². The minimum atomic E-state index is -0.386. The van der Waals surface area contributed by atoms with E-state index in [0.29, 0.717) is 42.2 Å². The van der Waals surface area contributed by atoms with Gasteiger partial charge in [-0.2, -0.15) is 5.10 Å². The van der Waals surface area contributed by atoms with Crippen molar-refractivity contribution in [2.45, 2.75) is 45.1 Å². The molecule has 250 valence electrons. The van der Waals surface area contributed by atoms with Crippen molar-refractivity contribution in [1.29, 1.82) is 0 Å². The van der Waals surface area contributed by atoms with Gasteiger partial charge >= 0.3 is 6.03 Å². The molecule has 10 heteroatoms. The smallest absolute Gasteiger partial charge is 0.324 e. The fraction of sp³-hybridized carbons (Fsp3) is 0.342. The normalized spacial score (nSPS) is 16.0. The number of hydrogen-bond donors (Lipinski definition) is 2. The van der Waals surface area contributed by atoms with Crippen LogP contribution in [0.3, 0.4) is 0 Å². The van der Waals surface area contributed by atoms with Crippen LogP contribution in [0, 0.1) is 0 Å². The number of hydrogen-bond acceptors (Lipinski definition) is 7. The van der Waals surface area contributed by atoms with E-state index in [9.17, 15) is 4.79 Å².